The average molecular weight is 392 g/mol. The lowest BCUT2D eigenvalue weighted by Gasteiger charge is -2.13. The Morgan fingerprint density at radius 2 is 1.92 bits per heavy atom. The van der Waals surface area contributed by atoms with Crippen molar-refractivity contribution in [1.29, 1.82) is 0 Å². The van der Waals surface area contributed by atoms with Crippen molar-refractivity contribution in [2.24, 2.45) is 0 Å². The average Bonchev–Trinajstić information content (AvgIpc) is 2.51. The second-order valence-corrected chi connectivity index (χ2v) is 6.70. The van der Waals surface area contributed by atoms with Gasteiger partial charge in [0, 0.05) is 11.0 Å². The van der Waals surface area contributed by atoms with Crippen LogP contribution in [0.5, 0.6) is 5.75 Å². The number of carboxylic acid groups (broad SMARTS) is 1. The zero-order chi connectivity index (χ0) is 17.7. The number of hydrogen-bond donors (Lipinski definition) is 2. The van der Waals surface area contributed by atoms with Crippen molar-refractivity contribution < 1.29 is 14.6 Å². The van der Waals surface area contributed by atoms with E-state index in [4.69, 9.17) is 4.74 Å². The third kappa shape index (κ3) is 4.74. The first-order chi connectivity index (χ1) is 11.4. The summed E-state index contributed by atoms with van der Waals surface area (Å²) in [4.78, 5) is 11.4. The Bertz CT molecular complexity index is 744. The number of hydrogen-bond acceptors (Lipinski definition) is 3. The van der Waals surface area contributed by atoms with Gasteiger partial charge in [-0.05, 0) is 84.1 Å². The van der Waals surface area contributed by atoms with Crippen LogP contribution in [0, 0.1) is 20.8 Å². The number of rotatable bonds is 7. The van der Waals surface area contributed by atoms with Crippen LogP contribution in [0.15, 0.2) is 34.8 Å². The van der Waals surface area contributed by atoms with Crippen molar-refractivity contribution in [3.05, 3.63) is 57.1 Å². The predicted octanol–water partition coefficient (Wildman–Crippen LogP) is 4.95. The van der Waals surface area contributed by atoms with E-state index in [2.05, 4.69) is 35.1 Å². The maximum atomic E-state index is 11.4. The number of benzene rings is 2. The van der Waals surface area contributed by atoms with Gasteiger partial charge in [0.15, 0.2) is 0 Å². The first-order valence-corrected chi connectivity index (χ1v) is 8.65. The molecular weight excluding hydrogens is 370 g/mol. The topological polar surface area (TPSA) is 58.6 Å². The number of ether oxygens (including phenoxy) is 1. The molecule has 0 aromatic heterocycles. The molecule has 4 nitrogen and oxygen atoms in total. The first-order valence-electron chi connectivity index (χ1n) is 7.86. The Kier molecular flexibility index (Phi) is 6.26. The molecule has 2 N–H and O–H groups in total. The summed E-state index contributed by atoms with van der Waals surface area (Å²) in [5.74, 6) is -0.0749. The maximum Gasteiger partial charge on any atom is 0.337 e. The van der Waals surface area contributed by atoms with E-state index in [1.165, 1.54) is 11.1 Å². The number of nitrogens with one attached hydrogen (secondary N) is 1. The van der Waals surface area contributed by atoms with E-state index in [0.717, 1.165) is 22.2 Å². The number of carboxylic acids is 1. The van der Waals surface area contributed by atoms with Crippen molar-refractivity contribution >= 4 is 27.6 Å². The van der Waals surface area contributed by atoms with Crippen LogP contribution < -0.4 is 10.1 Å². The van der Waals surface area contributed by atoms with E-state index >= 15 is 0 Å². The van der Waals surface area contributed by atoms with Gasteiger partial charge in [0.05, 0.1) is 17.9 Å². The minimum Gasteiger partial charge on any atom is -0.494 e. The molecule has 0 heterocycles. The van der Waals surface area contributed by atoms with E-state index in [9.17, 15) is 9.90 Å². The van der Waals surface area contributed by atoms with Gasteiger partial charge in [0.2, 0.25) is 0 Å². The normalized spacial score (nSPS) is 10.5. The highest BCUT2D eigenvalue weighted by Crippen LogP contribution is 2.28. The summed E-state index contributed by atoms with van der Waals surface area (Å²) in [5.41, 5.74) is 4.24. The Morgan fingerprint density at radius 3 is 2.58 bits per heavy atom. The van der Waals surface area contributed by atoms with E-state index in [0.29, 0.717) is 18.8 Å². The van der Waals surface area contributed by atoms with Gasteiger partial charge in [-0.1, -0.05) is 6.07 Å². The van der Waals surface area contributed by atoms with Crippen molar-refractivity contribution in [3.8, 4) is 5.75 Å². The van der Waals surface area contributed by atoms with Crippen LogP contribution in [-0.4, -0.2) is 24.2 Å². The Hall–Kier alpha value is -2.01. The van der Waals surface area contributed by atoms with Gasteiger partial charge in [0.1, 0.15) is 5.75 Å². The summed E-state index contributed by atoms with van der Waals surface area (Å²) < 4.78 is 6.50. The molecule has 0 atom stereocenters. The minimum atomic E-state index is -0.937. The lowest BCUT2D eigenvalue weighted by Crippen LogP contribution is -2.11. The smallest absolute Gasteiger partial charge is 0.337 e. The second-order valence-electron chi connectivity index (χ2n) is 5.85. The van der Waals surface area contributed by atoms with Gasteiger partial charge in [-0.15, -0.1) is 0 Å². The van der Waals surface area contributed by atoms with Crippen LogP contribution in [0.2, 0.25) is 0 Å². The first kappa shape index (κ1) is 18.3. The SMILES string of the molecule is Cc1cc(Br)c(NCCCOc2ccc(C)c(C)c2)c(C(=O)O)c1. The molecule has 2 aromatic rings. The van der Waals surface area contributed by atoms with Crippen LogP contribution in [0.4, 0.5) is 5.69 Å². The van der Waals surface area contributed by atoms with Crippen LogP contribution in [0.25, 0.3) is 0 Å². The fourth-order valence-corrected chi connectivity index (χ4v) is 3.08. The largest absolute Gasteiger partial charge is 0.494 e. The zero-order valence-corrected chi connectivity index (χ0v) is 15.7. The van der Waals surface area contributed by atoms with Gasteiger partial charge in [-0.2, -0.15) is 0 Å². The standard InChI is InChI=1S/C19H22BrNO3/c1-12-9-16(19(22)23)18(17(20)10-12)21-7-4-8-24-15-6-5-13(2)14(3)11-15/h5-6,9-11,21H,4,7-8H2,1-3H3,(H,22,23). The van der Waals surface area contributed by atoms with Crippen LogP contribution in [0.3, 0.4) is 0 Å². The van der Waals surface area contributed by atoms with E-state index in [-0.39, 0.29) is 5.56 Å². The molecule has 24 heavy (non-hydrogen) atoms. The van der Waals surface area contributed by atoms with Gasteiger partial charge in [-0.3, -0.25) is 0 Å². The van der Waals surface area contributed by atoms with Crippen molar-refractivity contribution in [1.82, 2.24) is 0 Å². The molecule has 2 rings (SSSR count). The van der Waals surface area contributed by atoms with Crippen LogP contribution in [-0.2, 0) is 0 Å². The summed E-state index contributed by atoms with van der Waals surface area (Å²) in [6, 6.07) is 9.61. The molecule has 0 aliphatic carbocycles. The Balaban J connectivity index is 1.88. The highest BCUT2D eigenvalue weighted by Gasteiger charge is 2.13. The molecule has 5 heteroatoms. The van der Waals surface area contributed by atoms with Crippen molar-refractivity contribution in [3.63, 3.8) is 0 Å². The quantitative estimate of drug-likeness (QED) is 0.655. The third-order valence-corrected chi connectivity index (χ3v) is 4.46. The van der Waals surface area contributed by atoms with Crippen LogP contribution in [0.1, 0.15) is 33.5 Å². The molecule has 128 valence electrons. The number of aromatic carboxylic acids is 1. The molecule has 0 aliphatic heterocycles. The minimum absolute atomic E-state index is 0.275. The molecule has 0 saturated carbocycles. The van der Waals surface area contributed by atoms with Crippen molar-refractivity contribution in [2.75, 3.05) is 18.5 Å². The van der Waals surface area contributed by atoms with E-state index in [1.54, 1.807) is 6.07 Å². The molecule has 0 spiro atoms. The summed E-state index contributed by atoms with van der Waals surface area (Å²) in [7, 11) is 0. The highest BCUT2D eigenvalue weighted by molar-refractivity contribution is 9.10. The van der Waals surface area contributed by atoms with Gasteiger partial charge >= 0.3 is 5.97 Å². The maximum absolute atomic E-state index is 11.4. The summed E-state index contributed by atoms with van der Waals surface area (Å²) in [5, 5.41) is 12.5. The lowest BCUT2D eigenvalue weighted by molar-refractivity contribution is 0.0697. The predicted molar refractivity (Wildman–Crippen MR) is 100 cm³/mol. The number of halogens is 1. The Labute approximate surface area is 151 Å². The van der Waals surface area contributed by atoms with Crippen LogP contribution >= 0.6 is 15.9 Å². The van der Waals surface area contributed by atoms with Gasteiger partial charge in [-0.25, -0.2) is 4.79 Å². The molecule has 0 amide bonds. The molecule has 2 aromatic carbocycles. The molecule has 0 unspecified atom stereocenters. The summed E-state index contributed by atoms with van der Waals surface area (Å²) >= 11 is 3.43. The monoisotopic (exact) mass is 391 g/mol. The molecular formula is C19H22BrNO3. The molecule has 0 saturated heterocycles. The zero-order valence-electron chi connectivity index (χ0n) is 14.1. The summed E-state index contributed by atoms with van der Waals surface area (Å²) in [6.07, 6.45) is 0.770. The van der Waals surface area contributed by atoms with E-state index in [1.807, 2.05) is 31.2 Å². The Morgan fingerprint density at radius 1 is 1.17 bits per heavy atom. The fraction of sp³-hybridized carbons (Fsp3) is 0.316. The van der Waals surface area contributed by atoms with Gasteiger partial charge in [0.25, 0.3) is 0 Å². The molecule has 0 aliphatic rings. The summed E-state index contributed by atoms with van der Waals surface area (Å²) in [6.45, 7) is 7.21. The van der Waals surface area contributed by atoms with E-state index < -0.39 is 5.97 Å². The number of aryl methyl sites for hydroxylation is 3. The molecule has 0 fully saturated rings. The highest BCUT2D eigenvalue weighted by atomic mass is 79.9. The van der Waals surface area contributed by atoms with Crippen molar-refractivity contribution in [2.45, 2.75) is 27.2 Å². The van der Waals surface area contributed by atoms with Gasteiger partial charge < -0.3 is 15.2 Å². The number of anilines is 1. The fourth-order valence-electron chi connectivity index (χ4n) is 2.37. The number of carbonyl (C=O) groups is 1. The molecule has 0 radical (unpaired) electrons. The lowest BCUT2D eigenvalue weighted by atomic mass is 10.1. The molecule has 0 bridgehead atoms. The second kappa shape index (κ2) is 8.20. The third-order valence-electron chi connectivity index (χ3n) is 3.83.